The lowest BCUT2D eigenvalue weighted by Crippen LogP contribution is -2.16. The normalized spacial score (nSPS) is 11.7. The number of thioether (sulfide) groups is 1. The number of allylic oxidation sites excluding steroid dienone is 1. The number of pyridine rings is 1. The molecule has 0 fully saturated rings. The molecule has 1 N–H and O–H groups in total. The van der Waals surface area contributed by atoms with Crippen LogP contribution in [0.3, 0.4) is 0 Å². The molecule has 1 aromatic carbocycles. The standard InChI is InChI=1S/C20H18ClF2N5O2S/c1-3-9-28-19(12(2)30-16-7-6-13(22)10-14(16)23)26-27-20(28)31-11-17(29)25-15-5-4-8-24-18(15)21/h3-8,10,12H,1,9,11H2,2H3,(H,25,29). The van der Waals surface area contributed by atoms with Gasteiger partial charge in [-0.15, -0.1) is 16.8 Å². The number of anilines is 1. The van der Waals surface area contributed by atoms with Gasteiger partial charge in [-0.25, -0.2) is 13.8 Å². The molecule has 1 atom stereocenters. The van der Waals surface area contributed by atoms with Crippen molar-refractivity contribution in [1.29, 1.82) is 0 Å². The Labute approximate surface area is 186 Å². The minimum absolute atomic E-state index is 0.0440. The Bertz CT molecular complexity index is 1100. The minimum atomic E-state index is -0.818. The maximum absolute atomic E-state index is 13.9. The molecular weight excluding hydrogens is 448 g/mol. The molecule has 7 nitrogen and oxygen atoms in total. The molecule has 0 radical (unpaired) electrons. The zero-order chi connectivity index (χ0) is 22.4. The van der Waals surface area contributed by atoms with E-state index in [4.69, 9.17) is 16.3 Å². The molecule has 3 rings (SSSR count). The predicted octanol–water partition coefficient (Wildman–Crippen LogP) is 4.66. The molecule has 0 bridgehead atoms. The van der Waals surface area contributed by atoms with E-state index in [2.05, 4.69) is 27.1 Å². The van der Waals surface area contributed by atoms with Gasteiger partial charge in [-0.05, 0) is 31.2 Å². The Morgan fingerprint density at radius 3 is 2.90 bits per heavy atom. The lowest BCUT2D eigenvalue weighted by Gasteiger charge is -2.16. The van der Waals surface area contributed by atoms with Crippen LogP contribution in [-0.2, 0) is 11.3 Å². The number of ether oxygens (including phenoxy) is 1. The molecule has 1 unspecified atom stereocenters. The van der Waals surface area contributed by atoms with Gasteiger partial charge in [-0.2, -0.15) is 0 Å². The van der Waals surface area contributed by atoms with Crippen molar-refractivity contribution in [1.82, 2.24) is 19.7 Å². The highest BCUT2D eigenvalue weighted by Gasteiger charge is 2.21. The van der Waals surface area contributed by atoms with Crippen molar-refractivity contribution >= 4 is 35.0 Å². The van der Waals surface area contributed by atoms with E-state index in [1.54, 1.807) is 29.7 Å². The largest absolute Gasteiger partial charge is 0.480 e. The van der Waals surface area contributed by atoms with Crippen molar-refractivity contribution < 1.29 is 18.3 Å². The number of benzene rings is 1. The van der Waals surface area contributed by atoms with Crippen molar-refractivity contribution in [3.05, 3.63) is 71.8 Å². The molecule has 0 saturated carbocycles. The monoisotopic (exact) mass is 465 g/mol. The second kappa shape index (κ2) is 10.4. The Morgan fingerprint density at radius 1 is 1.39 bits per heavy atom. The second-order valence-electron chi connectivity index (χ2n) is 6.25. The summed E-state index contributed by atoms with van der Waals surface area (Å²) < 4.78 is 34.3. The highest BCUT2D eigenvalue weighted by atomic mass is 35.5. The Balaban J connectivity index is 1.70. The summed E-state index contributed by atoms with van der Waals surface area (Å²) in [6.45, 7) is 5.73. The smallest absolute Gasteiger partial charge is 0.234 e. The number of aromatic nitrogens is 4. The van der Waals surface area contributed by atoms with Gasteiger partial charge >= 0.3 is 0 Å². The fourth-order valence-electron chi connectivity index (χ4n) is 2.62. The minimum Gasteiger partial charge on any atom is -0.480 e. The number of carbonyl (C=O) groups excluding carboxylic acids is 1. The van der Waals surface area contributed by atoms with Crippen LogP contribution in [0.4, 0.5) is 14.5 Å². The van der Waals surface area contributed by atoms with Crippen LogP contribution in [0.2, 0.25) is 5.15 Å². The Kier molecular flexibility index (Phi) is 7.59. The number of carbonyl (C=O) groups is 1. The first-order valence-electron chi connectivity index (χ1n) is 9.08. The molecule has 0 spiro atoms. The zero-order valence-corrected chi connectivity index (χ0v) is 18.0. The summed E-state index contributed by atoms with van der Waals surface area (Å²) in [6, 6.07) is 6.36. The summed E-state index contributed by atoms with van der Waals surface area (Å²) in [5.41, 5.74) is 0.409. The average molecular weight is 466 g/mol. The van der Waals surface area contributed by atoms with E-state index in [0.29, 0.717) is 23.2 Å². The van der Waals surface area contributed by atoms with Crippen LogP contribution in [0.15, 0.2) is 54.3 Å². The first-order valence-corrected chi connectivity index (χ1v) is 10.4. The van der Waals surface area contributed by atoms with Gasteiger partial charge in [0.05, 0.1) is 11.4 Å². The Morgan fingerprint density at radius 2 is 2.19 bits per heavy atom. The van der Waals surface area contributed by atoms with Crippen molar-refractivity contribution in [3.63, 3.8) is 0 Å². The number of hydrogen-bond acceptors (Lipinski definition) is 6. The number of halogens is 3. The summed E-state index contributed by atoms with van der Waals surface area (Å²) in [5.74, 6) is -1.47. The molecular formula is C20H18ClF2N5O2S. The van der Waals surface area contributed by atoms with Gasteiger partial charge in [-0.3, -0.25) is 9.36 Å². The predicted molar refractivity (Wildman–Crippen MR) is 114 cm³/mol. The third kappa shape index (κ3) is 5.80. The highest BCUT2D eigenvalue weighted by Crippen LogP contribution is 2.27. The van der Waals surface area contributed by atoms with E-state index < -0.39 is 17.7 Å². The van der Waals surface area contributed by atoms with E-state index in [9.17, 15) is 13.6 Å². The number of hydrogen-bond donors (Lipinski definition) is 1. The van der Waals surface area contributed by atoms with E-state index in [-0.39, 0.29) is 22.6 Å². The zero-order valence-electron chi connectivity index (χ0n) is 16.4. The molecule has 0 saturated heterocycles. The number of nitrogens with zero attached hydrogens (tertiary/aromatic N) is 4. The number of nitrogens with one attached hydrogen (secondary N) is 1. The van der Waals surface area contributed by atoms with Crippen molar-refractivity contribution in [2.75, 3.05) is 11.1 Å². The van der Waals surface area contributed by atoms with Gasteiger partial charge in [0.25, 0.3) is 0 Å². The molecule has 0 aliphatic carbocycles. The van der Waals surface area contributed by atoms with E-state index in [1.165, 1.54) is 12.3 Å². The molecule has 162 valence electrons. The van der Waals surface area contributed by atoms with Crippen LogP contribution in [-0.4, -0.2) is 31.4 Å². The topological polar surface area (TPSA) is 81.9 Å². The fraction of sp³-hybridized carbons (Fsp3) is 0.200. The quantitative estimate of drug-likeness (QED) is 0.281. The van der Waals surface area contributed by atoms with E-state index >= 15 is 0 Å². The van der Waals surface area contributed by atoms with Crippen LogP contribution >= 0.6 is 23.4 Å². The van der Waals surface area contributed by atoms with Crippen molar-refractivity contribution in [3.8, 4) is 5.75 Å². The molecule has 2 heterocycles. The van der Waals surface area contributed by atoms with Gasteiger partial charge < -0.3 is 10.1 Å². The fourth-order valence-corrected chi connectivity index (χ4v) is 3.54. The SMILES string of the molecule is C=CCn1c(SCC(=O)Nc2cccnc2Cl)nnc1C(C)Oc1ccc(F)cc1F. The van der Waals surface area contributed by atoms with E-state index in [0.717, 1.165) is 23.9 Å². The van der Waals surface area contributed by atoms with Gasteiger partial charge in [0.2, 0.25) is 5.91 Å². The summed E-state index contributed by atoms with van der Waals surface area (Å²) in [7, 11) is 0. The van der Waals surface area contributed by atoms with E-state index in [1.807, 2.05) is 0 Å². The average Bonchev–Trinajstić information content (AvgIpc) is 3.13. The molecule has 31 heavy (non-hydrogen) atoms. The van der Waals surface area contributed by atoms with Crippen LogP contribution < -0.4 is 10.1 Å². The van der Waals surface area contributed by atoms with Crippen LogP contribution in [0, 0.1) is 11.6 Å². The maximum atomic E-state index is 13.9. The van der Waals surface area contributed by atoms with Gasteiger partial charge in [0.15, 0.2) is 33.8 Å². The summed E-state index contributed by atoms with van der Waals surface area (Å²) in [6.07, 6.45) is 2.47. The molecule has 3 aromatic rings. The molecule has 11 heteroatoms. The molecule has 0 aliphatic rings. The molecule has 0 aliphatic heterocycles. The van der Waals surface area contributed by atoms with Crippen LogP contribution in [0.5, 0.6) is 5.75 Å². The Hall–Kier alpha value is -2.98. The van der Waals surface area contributed by atoms with Gasteiger partial charge in [-0.1, -0.05) is 29.4 Å². The second-order valence-corrected chi connectivity index (χ2v) is 7.55. The van der Waals surface area contributed by atoms with Crippen molar-refractivity contribution in [2.24, 2.45) is 0 Å². The van der Waals surface area contributed by atoms with Gasteiger partial charge in [0, 0.05) is 18.8 Å². The number of amides is 1. The first-order chi connectivity index (χ1) is 14.9. The van der Waals surface area contributed by atoms with Gasteiger partial charge in [0.1, 0.15) is 5.82 Å². The van der Waals surface area contributed by atoms with Crippen LogP contribution in [0.1, 0.15) is 18.9 Å². The van der Waals surface area contributed by atoms with Crippen molar-refractivity contribution in [2.45, 2.75) is 24.7 Å². The number of rotatable bonds is 9. The molecule has 2 aromatic heterocycles. The maximum Gasteiger partial charge on any atom is 0.234 e. The summed E-state index contributed by atoms with van der Waals surface area (Å²) >= 11 is 7.10. The molecule has 1 amide bonds. The summed E-state index contributed by atoms with van der Waals surface area (Å²) in [5, 5.41) is 11.5. The lowest BCUT2D eigenvalue weighted by atomic mass is 10.3. The van der Waals surface area contributed by atoms with Crippen LogP contribution in [0.25, 0.3) is 0 Å². The highest BCUT2D eigenvalue weighted by molar-refractivity contribution is 7.99. The first kappa shape index (κ1) is 22.7. The lowest BCUT2D eigenvalue weighted by molar-refractivity contribution is -0.113. The third-order valence-corrected chi connectivity index (χ3v) is 5.25. The summed E-state index contributed by atoms with van der Waals surface area (Å²) in [4.78, 5) is 16.2. The third-order valence-electron chi connectivity index (χ3n) is 3.98.